The molecule has 6 aliphatic rings. The smallest absolute Gasteiger partial charge is 0.203 e. The van der Waals surface area contributed by atoms with Crippen molar-refractivity contribution in [3.8, 4) is 22.5 Å². The quantitative estimate of drug-likeness (QED) is 0.257. The minimum Gasteiger partial charge on any atom is -0.456 e. The Morgan fingerprint density at radius 2 is 1.54 bits per heavy atom. The normalized spacial score (nSPS) is 19.5. The van der Waals surface area contributed by atoms with Crippen LogP contribution < -0.4 is 25.0 Å². The maximum atomic E-state index is 6.78. The van der Waals surface area contributed by atoms with Crippen LogP contribution in [0.4, 0.5) is 11.4 Å². The van der Waals surface area contributed by atoms with Gasteiger partial charge in [-0.3, -0.25) is 0 Å². The van der Waals surface area contributed by atoms with Gasteiger partial charge in [-0.05, 0) is 42.3 Å². The number of thioether (sulfide) groups is 2. The highest BCUT2D eigenvalue weighted by atomic mass is 32.2. The van der Waals surface area contributed by atoms with Crippen LogP contribution in [0.1, 0.15) is 19.3 Å². The third-order valence-corrected chi connectivity index (χ3v) is 10.8. The average Bonchev–Trinajstić information content (AvgIpc) is 3.00. The van der Waals surface area contributed by atoms with Crippen LogP contribution in [0.5, 0.6) is 0 Å². The summed E-state index contributed by atoms with van der Waals surface area (Å²) in [5, 5.41) is 5.98. The highest BCUT2D eigenvalue weighted by Gasteiger charge is 2.28. The number of piperidine rings is 1. The summed E-state index contributed by atoms with van der Waals surface area (Å²) < 4.78 is 9.31. The van der Waals surface area contributed by atoms with Gasteiger partial charge < -0.3 is 19.5 Å². The topological polar surface area (TPSA) is 34.7 Å². The average molecular weight is 556 g/mol. The van der Waals surface area contributed by atoms with E-state index in [9.17, 15) is 0 Å². The highest BCUT2D eigenvalue weighted by molar-refractivity contribution is 8.00. The van der Waals surface area contributed by atoms with Gasteiger partial charge in [-0.2, -0.15) is 0 Å². The van der Waals surface area contributed by atoms with E-state index >= 15 is 0 Å². The van der Waals surface area contributed by atoms with Crippen LogP contribution in [0.15, 0.2) is 62.7 Å². The predicted molar refractivity (Wildman–Crippen MR) is 166 cm³/mol. The van der Waals surface area contributed by atoms with E-state index in [1.165, 1.54) is 79.4 Å². The van der Waals surface area contributed by atoms with Gasteiger partial charge in [0.2, 0.25) is 5.36 Å². The summed E-state index contributed by atoms with van der Waals surface area (Å²) in [4.78, 5) is 7.95. The highest BCUT2D eigenvalue weighted by Crippen LogP contribution is 2.49. The van der Waals surface area contributed by atoms with Crippen molar-refractivity contribution in [2.75, 3.05) is 73.7 Å². The molecular formula is C32H35N4OS2+. The molecule has 2 aromatic rings. The summed E-state index contributed by atoms with van der Waals surface area (Å²) in [6, 6.07) is 18.7. The number of rotatable bonds is 2. The van der Waals surface area contributed by atoms with E-state index in [2.05, 4.69) is 68.2 Å². The molecule has 200 valence electrons. The first-order valence-electron chi connectivity index (χ1n) is 14.5. The fraction of sp³-hybridized carbons (Fsp3) is 0.406. The zero-order chi connectivity index (χ0) is 25.8. The van der Waals surface area contributed by atoms with Crippen molar-refractivity contribution in [2.24, 2.45) is 0 Å². The van der Waals surface area contributed by atoms with Crippen molar-refractivity contribution < 1.29 is 4.42 Å². The SMILES string of the molecule is c1cc2c(-c3cc4c5c(c3)SCCN5CCS4)c3ccc(=[N+]4CCCCC4)cc-3oc2cc1N1CCNCC1. The first kappa shape index (κ1) is 24.2. The second-order valence-corrected chi connectivity index (χ2v) is 13.4. The van der Waals surface area contributed by atoms with Gasteiger partial charge in [-0.1, -0.05) is 0 Å². The van der Waals surface area contributed by atoms with Crippen LogP contribution in [0.25, 0.3) is 33.4 Å². The molecule has 0 saturated carbocycles. The molecule has 2 fully saturated rings. The Morgan fingerprint density at radius 3 is 2.31 bits per heavy atom. The van der Waals surface area contributed by atoms with Crippen LogP contribution in [0.3, 0.4) is 0 Å². The maximum Gasteiger partial charge on any atom is 0.203 e. The molecule has 0 unspecified atom stereocenters. The summed E-state index contributed by atoms with van der Waals surface area (Å²) in [6.07, 6.45) is 3.89. The lowest BCUT2D eigenvalue weighted by Gasteiger charge is -2.36. The van der Waals surface area contributed by atoms with Gasteiger partial charge in [0.1, 0.15) is 24.4 Å². The van der Waals surface area contributed by atoms with Crippen LogP contribution in [-0.4, -0.2) is 63.9 Å². The maximum absolute atomic E-state index is 6.78. The number of benzene rings is 3. The van der Waals surface area contributed by atoms with Crippen molar-refractivity contribution in [1.82, 2.24) is 9.89 Å². The van der Waals surface area contributed by atoms with E-state index < -0.39 is 0 Å². The van der Waals surface area contributed by atoms with Gasteiger partial charge in [-0.25, -0.2) is 4.58 Å². The van der Waals surface area contributed by atoms with E-state index in [0.717, 1.165) is 63.7 Å². The molecule has 39 heavy (non-hydrogen) atoms. The Bertz CT molecular complexity index is 1570. The monoisotopic (exact) mass is 555 g/mol. The molecule has 0 aromatic heterocycles. The van der Waals surface area contributed by atoms with Gasteiger partial charge in [0, 0.05) is 108 Å². The summed E-state index contributed by atoms with van der Waals surface area (Å²) in [5.74, 6) is 3.32. The van der Waals surface area contributed by atoms with E-state index in [1.54, 1.807) is 0 Å². The fourth-order valence-corrected chi connectivity index (χ4v) is 9.07. The van der Waals surface area contributed by atoms with E-state index in [-0.39, 0.29) is 0 Å². The molecule has 7 heteroatoms. The largest absolute Gasteiger partial charge is 0.456 e. The van der Waals surface area contributed by atoms with Crippen molar-refractivity contribution in [3.63, 3.8) is 0 Å². The van der Waals surface area contributed by atoms with Crippen molar-refractivity contribution in [2.45, 2.75) is 29.1 Å². The van der Waals surface area contributed by atoms with Gasteiger partial charge in [0.25, 0.3) is 0 Å². The Morgan fingerprint density at radius 1 is 0.769 bits per heavy atom. The Balaban J connectivity index is 1.36. The van der Waals surface area contributed by atoms with Crippen LogP contribution >= 0.6 is 23.5 Å². The lowest BCUT2D eigenvalue weighted by Crippen LogP contribution is -2.43. The van der Waals surface area contributed by atoms with Gasteiger partial charge >= 0.3 is 0 Å². The molecular weight excluding hydrogens is 521 g/mol. The molecule has 2 aromatic carbocycles. The van der Waals surface area contributed by atoms with Gasteiger partial charge in [0.15, 0.2) is 0 Å². The van der Waals surface area contributed by atoms with Crippen LogP contribution in [0.2, 0.25) is 0 Å². The predicted octanol–water partition coefficient (Wildman–Crippen LogP) is 5.59. The van der Waals surface area contributed by atoms with E-state index in [0.29, 0.717) is 0 Å². The minimum atomic E-state index is 0.984. The standard InChI is InChI=1S/C32H35N4OS2/c1-2-10-34(11-3-1)23-4-6-25-27(20-23)37-28-21-24(35-12-8-33-9-13-35)5-7-26(28)31(25)22-18-29-32-30(19-22)39-17-15-36(32)14-16-38-29/h4-7,18-21,33H,1-3,8-17H2/q+1. The number of nitrogens with zero attached hydrogens (tertiary/aromatic N) is 3. The van der Waals surface area contributed by atoms with Gasteiger partial charge in [-0.15, -0.1) is 23.5 Å². The Labute approximate surface area is 238 Å². The van der Waals surface area contributed by atoms with Crippen molar-refractivity contribution >= 4 is 45.9 Å². The van der Waals surface area contributed by atoms with Crippen LogP contribution in [-0.2, 0) is 0 Å². The third kappa shape index (κ3) is 4.34. The number of anilines is 2. The zero-order valence-electron chi connectivity index (χ0n) is 22.4. The van der Waals surface area contributed by atoms with Crippen molar-refractivity contribution in [3.05, 3.63) is 53.9 Å². The van der Waals surface area contributed by atoms with E-state index in [1.807, 2.05) is 23.5 Å². The number of hydrogen-bond donors (Lipinski definition) is 1. The van der Waals surface area contributed by atoms with E-state index in [4.69, 9.17) is 4.42 Å². The number of fused-ring (bicyclic) bond motifs is 2. The van der Waals surface area contributed by atoms with Crippen LogP contribution in [0, 0.1) is 0 Å². The molecule has 2 saturated heterocycles. The second kappa shape index (κ2) is 10.1. The fourth-order valence-electron chi connectivity index (χ4n) is 6.77. The molecule has 0 radical (unpaired) electrons. The molecule has 1 aliphatic carbocycles. The molecule has 0 spiro atoms. The lowest BCUT2D eigenvalue weighted by atomic mass is 9.93. The first-order valence-corrected chi connectivity index (χ1v) is 16.5. The summed E-state index contributed by atoms with van der Waals surface area (Å²) in [6.45, 7) is 8.72. The summed E-state index contributed by atoms with van der Waals surface area (Å²) in [5.41, 5.74) is 7.55. The zero-order valence-corrected chi connectivity index (χ0v) is 24.0. The lowest BCUT2D eigenvalue weighted by molar-refractivity contribution is 0.451. The molecule has 5 heterocycles. The Kier molecular flexibility index (Phi) is 6.27. The molecule has 8 rings (SSSR count). The Hall–Kier alpha value is -2.61. The number of hydrogen-bond acceptors (Lipinski definition) is 6. The number of piperazine rings is 1. The minimum absolute atomic E-state index is 0.984. The molecule has 5 nitrogen and oxygen atoms in total. The molecule has 0 amide bonds. The first-order chi connectivity index (χ1) is 19.3. The molecule has 1 N–H and O–H groups in total. The second-order valence-electron chi connectivity index (χ2n) is 11.1. The summed E-state index contributed by atoms with van der Waals surface area (Å²) in [7, 11) is 0. The van der Waals surface area contributed by atoms with Gasteiger partial charge in [0.05, 0.1) is 11.8 Å². The summed E-state index contributed by atoms with van der Waals surface area (Å²) >= 11 is 4.04. The molecule has 5 aliphatic heterocycles. The van der Waals surface area contributed by atoms with Crippen molar-refractivity contribution in [1.29, 1.82) is 0 Å². The third-order valence-electron chi connectivity index (χ3n) is 8.77. The molecule has 0 atom stereocenters. The number of nitrogens with one attached hydrogen (secondary N) is 1. The molecule has 0 bridgehead atoms.